The first-order valence-corrected chi connectivity index (χ1v) is 9.52. The van der Waals surface area contributed by atoms with Crippen LogP contribution in [0.2, 0.25) is 10.0 Å². The summed E-state index contributed by atoms with van der Waals surface area (Å²) in [5, 5.41) is 4.45. The Bertz CT molecular complexity index is 867. The fourth-order valence-electron chi connectivity index (χ4n) is 2.67. The zero-order valence-electron chi connectivity index (χ0n) is 15.0. The van der Waals surface area contributed by atoms with E-state index in [2.05, 4.69) is 5.32 Å². The first kappa shape index (κ1) is 19.4. The highest BCUT2D eigenvalue weighted by Crippen LogP contribution is 2.33. The standard InChI is InChI=1S/C22H21Cl2NO2/c1-2-26-20-10-8-19(9-11-20)25-14-17-12-18(23)13-21(24)22(17)27-15-16-6-4-3-5-7-16/h3-13,25H,2,14-15H2,1H3. The van der Waals surface area contributed by atoms with E-state index in [1.54, 1.807) is 6.07 Å². The summed E-state index contributed by atoms with van der Waals surface area (Å²) in [7, 11) is 0. The van der Waals surface area contributed by atoms with Crippen LogP contribution >= 0.6 is 23.2 Å². The average Bonchev–Trinajstić information content (AvgIpc) is 2.67. The summed E-state index contributed by atoms with van der Waals surface area (Å²) in [5.74, 6) is 1.49. The van der Waals surface area contributed by atoms with Crippen LogP contribution in [-0.2, 0) is 13.2 Å². The Hall–Kier alpha value is -2.36. The molecule has 140 valence electrons. The quantitative estimate of drug-likeness (QED) is 0.462. The topological polar surface area (TPSA) is 30.5 Å². The van der Waals surface area contributed by atoms with Gasteiger partial charge in [-0.15, -0.1) is 0 Å². The monoisotopic (exact) mass is 401 g/mol. The molecule has 0 bridgehead atoms. The van der Waals surface area contributed by atoms with Gasteiger partial charge in [0.1, 0.15) is 18.1 Å². The van der Waals surface area contributed by atoms with Crippen LogP contribution in [0.15, 0.2) is 66.7 Å². The Balaban J connectivity index is 1.71. The summed E-state index contributed by atoms with van der Waals surface area (Å²) >= 11 is 12.6. The van der Waals surface area contributed by atoms with Gasteiger partial charge in [0.15, 0.2) is 0 Å². The number of rotatable bonds is 8. The van der Waals surface area contributed by atoms with Crippen molar-refractivity contribution in [3.05, 3.63) is 87.9 Å². The second-order valence-electron chi connectivity index (χ2n) is 5.96. The molecule has 0 aliphatic heterocycles. The Morgan fingerprint density at radius 1 is 0.889 bits per heavy atom. The number of nitrogens with one attached hydrogen (secondary N) is 1. The number of hydrogen-bond donors (Lipinski definition) is 1. The van der Waals surface area contributed by atoms with Gasteiger partial charge in [-0.2, -0.15) is 0 Å². The Kier molecular flexibility index (Phi) is 6.86. The van der Waals surface area contributed by atoms with E-state index >= 15 is 0 Å². The molecular formula is C22H21Cl2NO2. The molecule has 3 aromatic carbocycles. The molecule has 3 aromatic rings. The van der Waals surface area contributed by atoms with Crippen molar-refractivity contribution < 1.29 is 9.47 Å². The predicted molar refractivity (Wildman–Crippen MR) is 112 cm³/mol. The maximum atomic E-state index is 6.38. The van der Waals surface area contributed by atoms with Crippen molar-refractivity contribution in [2.45, 2.75) is 20.1 Å². The second kappa shape index (κ2) is 9.54. The lowest BCUT2D eigenvalue weighted by molar-refractivity contribution is 0.303. The minimum Gasteiger partial charge on any atom is -0.494 e. The maximum Gasteiger partial charge on any atom is 0.143 e. The summed E-state index contributed by atoms with van der Waals surface area (Å²) in [5.41, 5.74) is 2.95. The molecule has 0 saturated carbocycles. The maximum absolute atomic E-state index is 6.38. The van der Waals surface area contributed by atoms with Gasteiger partial charge < -0.3 is 14.8 Å². The lowest BCUT2D eigenvalue weighted by Gasteiger charge is -2.15. The molecular weight excluding hydrogens is 381 g/mol. The van der Waals surface area contributed by atoms with Gasteiger partial charge in [-0.25, -0.2) is 0 Å². The number of ether oxygens (including phenoxy) is 2. The Morgan fingerprint density at radius 3 is 2.33 bits per heavy atom. The Labute approximate surface area is 169 Å². The fraction of sp³-hybridized carbons (Fsp3) is 0.182. The third-order valence-electron chi connectivity index (χ3n) is 3.96. The van der Waals surface area contributed by atoms with Crippen LogP contribution in [0.25, 0.3) is 0 Å². The highest BCUT2D eigenvalue weighted by Gasteiger charge is 2.11. The van der Waals surface area contributed by atoms with Gasteiger partial charge in [-0.05, 0) is 48.9 Å². The molecule has 0 unspecified atom stereocenters. The summed E-state index contributed by atoms with van der Waals surface area (Å²) in [6.07, 6.45) is 0. The van der Waals surface area contributed by atoms with E-state index in [1.807, 2.05) is 67.6 Å². The lowest BCUT2D eigenvalue weighted by Crippen LogP contribution is -2.04. The van der Waals surface area contributed by atoms with Crippen LogP contribution in [-0.4, -0.2) is 6.61 Å². The third-order valence-corrected chi connectivity index (χ3v) is 4.46. The van der Waals surface area contributed by atoms with Gasteiger partial charge in [0.05, 0.1) is 11.6 Å². The molecule has 1 N–H and O–H groups in total. The van der Waals surface area contributed by atoms with E-state index in [1.165, 1.54) is 0 Å². The molecule has 0 aliphatic carbocycles. The molecule has 0 heterocycles. The average molecular weight is 402 g/mol. The number of halogens is 2. The molecule has 0 aliphatic rings. The highest BCUT2D eigenvalue weighted by atomic mass is 35.5. The summed E-state index contributed by atoms with van der Waals surface area (Å²) in [4.78, 5) is 0. The molecule has 0 radical (unpaired) electrons. The minimum absolute atomic E-state index is 0.443. The lowest BCUT2D eigenvalue weighted by atomic mass is 10.2. The van der Waals surface area contributed by atoms with E-state index in [0.717, 1.165) is 22.6 Å². The SMILES string of the molecule is CCOc1ccc(NCc2cc(Cl)cc(Cl)c2OCc2ccccc2)cc1. The van der Waals surface area contributed by atoms with Crippen molar-refractivity contribution in [2.24, 2.45) is 0 Å². The van der Waals surface area contributed by atoms with Crippen LogP contribution < -0.4 is 14.8 Å². The van der Waals surface area contributed by atoms with Crippen LogP contribution in [0, 0.1) is 0 Å². The van der Waals surface area contributed by atoms with Gasteiger partial charge in [-0.3, -0.25) is 0 Å². The zero-order chi connectivity index (χ0) is 19.1. The van der Waals surface area contributed by atoms with Crippen molar-refractivity contribution in [3.63, 3.8) is 0 Å². The van der Waals surface area contributed by atoms with Crippen LogP contribution in [0.5, 0.6) is 11.5 Å². The van der Waals surface area contributed by atoms with Crippen LogP contribution in [0.1, 0.15) is 18.1 Å². The third kappa shape index (κ3) is 5.56. The van der Waals surface area contributed by atoms with E-state index in [-0.39, 0.29) is 0 Å². The van der Waals surface area contributed by atoms with E-state index in [0.29, 0.717) is 35.6 Å². The van der Waals surface area contributed by atoms with Crippen LogP contribution in [0.4, 0.5) is 5.69 Å². The van der Waals surface area contributed by atoms with Crippen molar-refractivity contribution in [2.75, 3.05) is 11.9 Å². The van der Waals surface area contributed by atoms with Crippen LogP contribution in [0.3, 0.4) is 0 Å². The van der Waals surface area contributed by atoms with Gasteiger partial charge in [-0.1, -0.05) is 53.5 Å². The molecule has 0 spiro atoms. The first-order chi connectivity index (χ1) is 13.2. The molecule has 0 amide bonds. The normalized spacial score (nSPS) is 10.5. The van der Waals surface area contributed by atoms with Crippen molar-refractivity contribution >= 4 is 28.9 Å². The number of benzene rings is 3. The van der Waals surface area contributed by atoms with Crippen molar-refractivity contribution in [3.8, 4) is 11.5 Å². The molecule has 3 rings (SSSR count). The molecule has 5 heteroatoms. The van der Waals surface area contributed by atoms with Crippen molar-refractivity contribution in [1.29, 1.82) is 0 Å². The number of hydrogen-bond acceptors (Lipinski definition) is 3. The molecule has 3 nitrogen and oxygen atoms in total. The van der Waals surface area contributed by atoms with Crippen molar-refractivity contribution in [1.82, 2.24) is 0 Å². The van der Waals surface area contributed by atoms with E-state index < -0.39 is 0 Å². The summed E-state index contributed by atoms with van der Waals surface area (Å²) in [6.45, 7) is 3.60. The zero-order valence-corrected chi connectivity index (χ0v) is 16.6. The molecule has 0 saturated heterocycles. The summed E-state index contributed by atoms with van der Waals surface area (Å²) in [6, 6.07) is 21.4. The first-order valence-electron chi connectivity index (χ1n) is 8.77. The molecule has 0 fully saturated rings. The smallest absolute Gasteiger partial charge is 0.143 e. The van der Waals surface area contributed by atoms with Gasteiger partial charge >= 0.3 is 0 Å². The highest BCUT2D eigenvalue weighted by molar-refractivity contribution is 6.35. The summed E-state index contributed by atoms with van der Waals surface area (Å²) < 4.78 is 11.5. The van der Waals surface area contributed by atoms with E-state index in [9.17, 15) is 0 Å². The molecule has 0 atom stereocenters. The Morgan fingerprint density at radius 2 is 1.63 bits per heavy atom. The predicted octanol–water partition coefficient (Wildman–Crippen LogP) is 6.58. The van der Waals surface area contributed by atoms with Gasteiger partial charge in [0.2, 0.25) is 0 Å². The second-order valence-corrected chi connectivity index (χ2v) is 6.80. The largest absolute Gasteiger partial charge is 0.494 e. The van der Waals surface area contributed by atoms with Gasteiger partial charge in [0, 0.05) is 22.8 Å². The minimum atomic E-state index is 0.443. The molecule has 27 heavy (non-hydrogen) atoms. The van der Waals surface area contributed by atoms with E-state index in [4.69, 9.17) is 32.7 Å². The number of anilines is 1. The molecule has 0 aromatic heterocycles. The van der Waals surface area contributed by atoms with Gasteiger partial charge in [0.25, 0.3) is 0 Å². The fourth-order valence-corrected chi connectivity index (χ4v) is 3.26.